The van der Waals surface area contributed by atoms with E-state index in [2.05, 4.69) is 25.1 Å². The molecule has 0 spiro atoms. The molecule has 96 valence electrons. The number of hydrogen-bond donors (Lipinski definition) is 0. The van der Waals surface area contributed by atoms with Gasteiger partial charge in [0, 0.05) is 6.92 Å². The van der Waals surface area contributed by atoms with Crippen molar-refractivity contribution in [3.05, 3.63) is 65.2 Å². The Morgan fingerprint density at radius 3 is 2.32 bits per heavy atom. The quantitative estimate of drug-likeness (QED) is 0.467. The Bertz CT molecular complexity index is 595. The molecule has 0 saturated heterocycles. The van der Waals surface area contributed by atoms with Crippen LogP contribution in [0.15, 0.2) is 48.5 Å². The fourth-order valence-electron chi connectivity index (χ4n) is 1.77. The van der Waals surface area contributed by atoms with Gasteiger partial charge in [0.15, 0.2) is 0 Å². The fourth-order valence-corrected chi connectivity index (χ4v) is 1.77. The Balaban J connectivity index is 2.11. The Kier molecular flexibility index (Phi) is 4.14. The van der Waals surface area contributed by atoms with Crippen LogP contribution in [0.25, 0.3) is 12.2 Å². The van der Waals surface area contributed by atoms with Gasteiger partial charge in [-0.1, -0.05) is 48.6 Å². The Morgan fingerprint density at radius 2 is 1.68 bits per heavy atom. The van der Waals surface area contributed by atoms with Crippen molar-refractivity contribution in [1.82, 2.24) is 0 Å². The van der Waals surface area contributed by atoms with Crippen molar-refractivity contribution in [3.8, 4) is 5.75 Å². The van der Waals surface area contributed by atoms with E-state index in [1.165, 1.54) is 18.1 Å². The summed E-state index contributed by atoms with van der Waals surface area (Å²) in [6.45, 7) is 3.48. The van der Waals surface area contributed by atoms with Crippen molar-refractivity contribution < 1.29 is 9.53 Å². The molecule has 0 atom stereocenters. The van der Waals surface area contributed by atoms with E-state index in [-0.39, 0.29) is 5.97 Å². The van der Waals surface area contributed by atoms with Crippen LogP contribution in [-0.4, -0.2) is 5.97 Å². The van der Waals surface area contributed by atoms with Crippen LogP contribution in [0.1, 0.15) is 23.6 Å². The summed E-state index contributed by atoms with van der Waals surface area (Å²) < 4.78 is 4.99. The van der Waals surface area contributed by atoms with E-state index in [0.717, 1.165) is 5.56 Å². The van der Waals surface area contributed by atoms with Crippen LogP contribution in [0.3, 0.4) is 0 Å². The van der Waals surface area contributed by atoms with Crippen LogP contribution in [0.2, 0.25) is 0 Å². The van der Waals surface area contributed by atoms with Gasteiger partial charge in [-0.05, 0) is 35.7 Å². The lowest BCUT2D eigenvalue weighted by Crippen LogP contribution is -2.00. The minimum Gasteiger partial charge on any atom is -0.427 e. The summed E-state index contributed by atoms with van der Waals surface area (Å²) in [5, 5.41) is 0. The summed E-state index contributed by atoms with van der Waals surface area (Å²) in [5.41, 5.74) is 3.51. The highest BCUT2D eigenvalue weighted by molar-refractivity contribution is 5.72. The van der Waals surface area contributed by atoms with Crippen LogP contribution >= 0.6 is 0 Å². The predicted octanol–water partition coefficient (Wildman–Crippen LogP) is 4.09. The van der Waals surface area contributed by atoms with E-state index in [1.54, 1.807) is 12.1 Å². The largest absolute Gasteiger partial charge is 0.427 e. The molecule has 0 aliphatic carbocycles. The zero-order chi connectivity index (χ0) is 13.7. The second-order valence-electron chi connectivity index (χ2n) is 4.35. The van der Waals surface area contributed by atoms with Gasteiger partial charge in [0.1, 0.15) is 5.75 Å². The molecule has 0 amide bonds. The molecule has 0 fully saturated rings. The molecular formula is C17H16O2. The topological polar surface area (TPSA) is 26.3 Å². The molecule has 2 heteroatoms. The molecule has 0 N–H and O–H groups in total. The maximum atomic E-state index is 10.8. The monoisotopic (exact) mass is 252 g/mol. The van der Waals surface area contributed by atoms with E-state index >= 15 is 0 Å². The predicted molar refractivity (Wildman–Crippen MR) is 77.9 cm³/mol. The van der Waals surface area contributed by atoms with Gasteiger partial charge in [0.05, 0.1) is 0 Å². The standard InChI is InChI=1S/C17H16O2/c1-13-5-3-4-6-16(13)10-7-15-8-11-17(12-9-15)19-14(2)18/h3-12H,1-2H3/b10-7+. The molecule has 0 aliphatic heterocycles. The highest BCUT2D eigenvalue weighted by Gasteiger charge is 1.97. The van der Waals surface area contributed by atoms with E-state index in [4.69, 9.17) is 4.74 Å². The van der Waals surface area contributed by atoms with Gasteiger partial charge >= 0.3 is 5.97 Å². The maximum absolute atomic E-state index is 10.8. The third-order valence-electron chi connectivity index (χ3n) is 2.79. The van der Waals surface area contributed by atoms with Gasteiger partial charge in [0.25, 0.3) is 0 Å². The van der Waals surface area contributed by atoms with Crippen LogP contribution in [0.4, 0.5) is 0 Å². The summed E-state index contributed by atoms with van der Waals surface area (Å²) >= 11 is 0. The maximum Gasteiger partial charge on any atom is 0.308 e. The highest BCUT2D eigenvalue weighted by atomic mass is 16.5. The first-order chi connectivity index (χ1) is 9.15. The molecule has 2 aromatic rings. The van der Waals surface area contributed by atoms with Crippen molar-refractivity contribution in [2.24, 2.45) is 0 Å². The zero-order valence-corrected chi connectivity index (χ0v) is 11.1. The SMILES string of the molecule is CC(=O)Oc1ccc(/C=C/c2ccccc2C)cc1. The van der Waals surface area contributed by atoms with E-state index in [9.17, 15) is 4.79 Å². The summed E-state index contributed by atoms with van der Waals surface area (Å²) in [5.74, 6) is 0.267. The second-order valence-corrected chi connectivity index (χ2v) is 4.35. The van der Waals surface area contributed by atoms with Crippen molar-refractivity contribution in [2.45, 2.75) is 13.8 Å². The number of benzene rings is 2. The first-order valence-corrected chi connectivity index (χ1v) is 6.17. The number of esters is 1. The summed E-state index contributed by atoms with van der Waals surface area (Å²) in [6, 6.07) is 15.7. The summed E-state index contributed by atoms with van der Waals surface area (Å²) in [7, 11) is 0. The fraction of sp³-hybridized carbons (Fsp3) is 0.118. The molecule has 0 unspecified atom stereocenters. The third-order valence-corrected chi connectivity index (χ3v) is 2.79. The van der Waals surface area contributed by atoms with Gasteiger partial charge in [0.2, 0.25) is 0 Å². The smallest absolute Gasteiger partial charge is 0.308 e. The van der Waals surface area contributed by atoms with Gasteiger partial charge < -0.3 is 4.74 Å². The third kappa shape index (κ3) is 3.81. The zero-order valence-electron chi connectivity index (χ0n) is 11.1. The lowest BCUT2D eigenvalue weighted by atomic mass is 10.1. The van der Waals surface area contributed by atoms with E-state index < -0.39 is 0 Å². The molecule has 2 nitrogen and oxygen atoms in total. The number of ether oxygens (including phenoxy) is 1. The highest BCUT2D eigenvalue weighted by Crippen LogP contribution is 2.16. The van der Waals surface area contributed by atoms with Crippen molar-refractivity contribution in [3.63, 3.8) is 0 Å². The summed E-state index contributed by atoms with van der Waals surface area (Å²) in [4.78, 5) is 10.8. The molecule has 2 aromatic carbocycles. The molecule has 19 heavy (non-hydrogen) atoms. The number of rotatable bonds is 3. The number of hydrogen-bond acceptors (Lipinski definition) is 2. The van der Waals surface area contributed by atoms with Crippen molar-refractivity contribution in [1.29, 1.82) is 0 Å². The lowest BCUT2D eigenvalue weighted by molar-refractivity contribution is -0.131. The van der Waals surface area contributed by atoms with E-state index in [1.807, 2.05) is 30.3 Å². The number of aryl methyl sites for hydroxylation is 1. The number of carbonyl (C=O) groups is 1. The minimum atomic E-state index is -0.303. The molecule has 2 rings (SSSR count). The molecule has 0 aliphatic rings. The molecular weight excluding hydrogens is 236 g/mol. The molecule has 0 heterocycles. The first-order valence-electron chi connectivity index (χ1n) is 6.17. The van der Waals surface area contributed by atoms with E-state index in [0.29, 0.717) is 5.75 Å². The molecule has 0 radical (unpaired) electrons. The van der Waals surface area contributed by atoms with Crippen LogP contribution in [0, 0.1) is 6.92 Å². The number of carbonyl (C=O) groups excluding carboxylic acids is 1. The second kappa shape index (κ2) is 6.01. The Labute approximate surface area is 113 Å². The molecule has 0 bridgehead atoms. The average Bonchev–Trinajstić information content (AvgIpc) is 2.39. The average molecular weight is 252 g/mol. The lowest BCUT2D eigenvalue weighted by Gasteiger charge is -2.01. The van der Waals surface area contributed by atoms with Gasteiger partial charge in [-0.2, -0.15) is 0 Å². The van der Waals surface area contributed by atoms with Gasteiger partial charge in [-0.3, -0.25) is 4.79 Å². The van der Waals surface area contributed by atoms with Crippen LogP contribution in [0.5, 0.6) is 5.75 Å². The molecule has 0 aromatic heterocycles. The van der Waals surface area contributed by atoms with Crippen molar-refractivity contribution >= 4 is 18.1 Å². The van der Waals surface area contributed by atoms with Gasteiger partial charge in [-0.25, -0.2) is 0 Å². The van der Waals surface area contributed by atoms with Crippen LogP contribution < -0.4 is 4.74 Å². The molecule has 0 saturated carbocycles. The minimum absolute atomic E-state index is 0.303. The normalized spacial score (nSPS) is 10.6. The Morgan fingerprint density at radius 1 is 1.00 bits per heavy atom. The first kappa shape index (κ1) is 13.1. The van der Waals surface area contributed by atoms with Crippen LogP contribution in [-0.2, 0) is 4.79 Å². The van der Waals surface area contributed by atoms with Gasteiger partial charge in [-0.15, -0.1) is 0 Å². The summed E-state index contributed by atoms with van der Waals surface area (Å²) in [6.07, 6.45) is 4.12. The van der Waals surface area contributed by atoms with Crippen molar-refractivity contribution in [2.75, 3.05) is 0 Å². The Hall–Kier alpha value is -2.35.